The molecule has 0 spiro atoms. The normalized spacial score (nSPS) is 11.7. The largest absolute Gasteiger partial charge is 0.462 e. The third kappa shape index (κ3) is 4.70. The Balaban J connectivity index is 2.05. The number of aromatic nitrogens is 3. The summed E-state index contributed by atoms with van der Waals surface area (Å²) in [6.07, 6.45) is 0. The Kier molecular flexibility index (Phi) is 5.82. The maximum Gasteiger partial charge on any atom is 0.336 e. The first-order chi connectivity index (χ1) is 13.7. The second-order valence-corrected chi connectivity index (χ2v) is 8.45. The van der Waals surface area contributed by atoms with Gasteiger partial charge in [0.15, 0.2) is 5.82 Å². The predicted octanol–water partition coefficient (Wildman–Crippen LogP) is 5.11. The van der Waals surface area contributed by atoms with Crippen LogP contribution in [0.1, 0.15) is 50.5 Å². The van der Waals surface area contributed by atoms with E-state index in [4.69, 9.17) is 4.74 Å². The first-order valence-electron chi connectivity index (χ1n) is 9.67. The standard InChI is InChI=1S/C23H26FN3O2/c1-15(2)14-29-22-25-20(16-10-12-17(13-11-16)23(3,4)5)27(26-22)21(28)18-8-6-7-9-19(18)24/h6-13,15H,14H2,1-5H3. The minimum absolute atomic E-state index is 0.000719. The van der Waals surface area contributed by atoms with Crippen LogP contribution in [-0.4, -0.2) is 27.3 Å². The van der Waals surface area contributed by atoms with Crippen molar-refractivity contribution in [3.05, 3.63) is 65.5 Å². The number of benzene rings is 2. The number of rotatable bonds is 5. The van der Waals surface area contributed by atoms with Gasteiger partial charge in [-0.1, -0.05) is 71.0 Å². The zero-order valence-electron chi connectivity index (χ0n) is 17.4. The Morgan fingerprint density at radius 3 is 2.34 bits per heavy atom. The van der Waals surface area contributed by atoms with Crippen molar-refractivity contribution in [1.82, 2.24) is 14.8 Å². The highest BCUT2D eigenvalue weighted by Crippen LogP contribution is 2.27. The van der Waals surface area contributed by atoms with E-state index in [1.54, 1.807) is 6.07 Å². The van der Waals surface area contributed by atoms with Crippen molar-refractivity contribution in [2.75, 3.05) is 6.61 Å². The summed E-state index contributed by atoms with van der Waals surface area (Å²) in [4.78, 5) is 17.4. The molecule has 0 unspecified atom stereocenters. The molecule has 29 heavy (non-hydrogen) atoms. The number of carbonyl (C=O) groups excluding carboxylic acids is 1. The smallest absolute Gasteiger partial charge is 0.336 e. The number of hydrogen-bond donors (Lipinski definition) is 0. The fourth-order valence-electron chi connectivity index (χ4n) is 2.79. The molecule has 3 rings (SSSR count). The molecule has 0 amide bonds. The summed E-state index contributed by atoms with van der Waals surface area (Å²) < 4.78 is 20.9. The molecule has 0 bridgehead atoms. The van der Waals surface area contributed by atoms with Crippen molar-refractivity contribution >= 4 is 5.91 Å². The van der Waals surface area contributed by atoms with Crippen molar-refractivity contribution in [2.24, 2.45) is 5.92 Å². The lowest BCUT2D eigenvalue weighted by Crippen LogP contribution is -2.17. The Labute approximate surface area is 170 Å². The van der Waals surface area contributed by atoms with E-state index in [2.05, 4.69) is 30.9 Å². The second kappa shape index (κ2) is 8.15. The summed E-state index contributed by atoms with van der Waals surface area (Å²) in [6.45, 7) is 10.8. The Hall–Kier alpha value is -3.02. The van der Waals surface area contributed by atoms with E-state index in [9.17, 15) is 9.18 Å². The molecule has 3 aromatic rings. The summed E-state index contributed by atoms with van der Waals surface area (Å²) in [7, 11) is 0. The third-order valence-electron chi connectivity index (χ3n) is 4.44. The third-order valence-corrected chi connectivity index (χ3v) is 4.44. The van der Waals surface area contributed by atoms with Gasteiger partial charge in [-0.2, -0.15) is 9.67 Å². The summed E-state index contributed by atoms with van der Waals surface area (Å²) >= 11 is 0. The fraction of sp³-hybridized carbons (Fsp3) is 0.348. The van der Waals surface area contributed by atoms with Crippen molar-refractivity contribution < 1.29 is 13.9 Å². The average molecular weight is 395 g/mol. The van der Waals surface area contributed by atoms with E-state index < -0.39 is 11.7 Å². The van der Waals surface area contributed by atoms with Crippen molar-refractivity contribution in [1.29, 1.82) is 0 Å². The van der Waals surface area contributed by atoms with Crippen molar-refractivity contribution in [3.8, 4) is 17.4 Å². The highest BCUT2D eigenvalue weighted by atomic mass is 19.1. The van der Waals surface area contributed by atoms with Gasteiger partial charge in [-0.25, -0.2) is 4.39 Å². The van der Waals surface area contributed by atoms with E-state index in [0.29, 0.717) is 18.0 Å². The van der Waals surface area contributed by atoms with Crippen LogP contribution in [0.15, 0.2) is 48.5 Å². The number of ether oxygens (including phenoxy) is 1. The lowest BCUT2D eigenvalue weighted by Gasteiger charge is -2.19. The molecule has 1 heterocycles. The lowest BCUT2D eigenvalue weighted by molar-refractivity contribution is 0.0940. The van der Waals surface area contributed by atoms with Crippen LogP contribution in [0.5, 0.6) is 6.01 Å². The van der Waals surface area contributed by atoms with Crippen LogP contribution in [-0.2, 0) is 5.41 Å². The molecule has 0 aliphatic rings. The molecule has 0 atom stereocenters. The zero-order chi connectivity index (χ0) is 21.2. The topological polar surface area (TPSA) is 57.0 Å². The summed E-state index contributed by atoms with van der Waals surface area (Å²) in [5.41, 5.74) is 1.79. The van der Waals surface area contributed by atoms with Crippen LogP contribution in [0.3, 0.4) is 0 Å². The van der Waals surface area contributed by atoms with Crippen LogP contribution >= 0.6 is 0 Å². The van der Waals surface area contributed by atoms with Gasteiger partial charge in [-0.15, -0.1) is 5.10 Å². The summed E-state index contributed by atoms with van der Waals surface area (Å²) in [5, 5.41) is 4.21. The van der Waals surface area contributed by atoms with Gasteiger partial charge in [0.1, 0.15) is 5.82 Å². The Bertz CT molecular complexity index is 1000. The average Bonchev–Trinajstić information content (AvgIpc) is 3.10. The number of hydrogen-bond acceptors (Lipinski definition) is 4. The summed E-state index contributed by atoms with van der Waals surface area (Å²) in [5.74, 6) is -0.604. The van der Waals surface area contributed by atoms with Gasteiger partial charge in [-0.3, -0.25) is 4.79 Å². The minimum Gasteiger partial charge on any atom is -0.462 e. The minimum atomic E-state index is -0.605. The Morgan fingerprint density at radius 1 is 1.10 bits per heavy atom. The molecule has 1 aromatic heterocycles. The van der Waals surface area contributed by atoms with Crippen molar-refractivity contribution in [2.45, 2.75) is 40.0 Å². The monoisotopic (exact) mass is 395 g/mol. The van der Waals surface area contributed by atoms with Gasteiger partial charge in [0.05, 0.1) is 12.2 Å². The lowest BCUT2D eigenvalue weighted by atomic mass is 9.87. The molecule has 0 radical (unpaired) electrons. The summed E-state index contributed by atoms with van der Waals surface area (Å²) in [6, 6.07) is 13.7. The first kappa shape index (κ1) is 20.7. The molecule has 2 aromatic carbocycles. The Morgan fingerprint density at radius 2 is 1.76 bits per heavy atom. The number of halogens is 1. The first-order valence-corrected chi connectivity index (χ1v) is 9.67. The molecule has 0 aliphatic heterocycles. The molecular formula is C23H26FN3O2. The van der Waals surface area contributed by atoms with Crippen LogP contribution in [0.4, 0.5) is 4.39 Å². The van der Waals surface area contributed by atoms with Crippen LogP contribution in [0, 0.1) is 11.7 Å². The second-order valence-electron chi connectivity index (χ2n) is 8.45. The van der Waals surface area contributed by atoms with E-state index in [1.807, 2.05) is 38.1 Å². The van der Waals surface area contributed by atoms with E-state index >= 15 is 0 Å². The molecule has 0 saturated carbocycles. The van der Waals surface area contributed by atoms with Crippen LogP contribution in [0.25, 0.3) is 11.4 Å². The van der Waals surface area contributed by atoms with Crippen LogP contribution in [0.2, 0.25) is 0 Å². The van der Waals surface area contributed by atoms with Gasteiger partial charge in [0.25, 0.3) is 5.91 Å². The predicted molar refractivity (Wildman–Crippen MR) is 111 cm³/mol. The molecule has 6 heteroatoms. The van der Waals surface area contributed by atoms with E-state index in [1.165, 1.54) is 18.2 Å². The molecule has 152 valence electrons. The molecular weight excluding hydrogens is 369 g/mol. The van der Waals surface area contributed by atoms with Gasteiger partial charge >= 0.3 is 6.01 Å². The van der Waals surface area contributed by atoms with E-state index in [-0.39, 0.29) is 22.9 Å². The molecule has 0 fully saturated rings. The zero-order valence-corrected chi connectivity index (χ0v) is 17.4. The van der Waals surface area contributed by atoms with Gasteiger partial charge in [0.2, 0.25) is 0 Å². The van der Waals surface area contributed by atoms with Gasteiger partial charge in [-0.05, 0) is 29.0 Å². The van der Waals surface area contributed by atoms with Crippen molar-refractivity contribution in [3.63, 3.8) is 0 Å². The SMILES string of the molecule is CC(C)COc1nc(-c2ccc(C(C)(C)C)cc2)n(C(=O)c2ccccc2F)n1. The quantitative estimate of drug-likeness (QED) is 0.603. The number of nitrogens with zero attached hydrogens (tertiary/aromatic N) is 3. The highest BCUT2D eigenvalue weighted by molar-refractivity contribution is 5.97. The fourth-order valence-corrected chi connectivity index (χ4v) is 2.79. The molecule has 0 aliphatic carbocycles. The molecule has 0 N–H and O–H groups in total. The molecule has 0 saturated heterocycles. The van der Waals surface area contributed by atoms with Gasteiger partial charge in [0, 0.05) is 5.56 Å². The maximum absolute atomic E-state index is 14.2. The van der Waals surface area contributed by atoms with Crippen LogP contribution < -0.4 is 4.74 Å². The number of carbonyl (C=O) groups is 1. The highest BCUT2D eigenvalue weighted by Gasteiger charge is 2.23. The maximum atomic E-state index is 14.2. The molecule has 5 nitrogen and oxygen atoms in total. The van der Waals surface area contributed by atoms with Gasteiger partial charge < -0.3 is 4.74 Å². The van der Waals surface area contributed by atoms with E-state index in [0.717, 1.165) is 10.2 Å².